The van der Waals surface area contributed by atoms with Gasteiger partial charge in [0.1, 0.15) is 0 Å². The number of hydrogen-bond donors (Lipinski definition) is 1. The lowest BCUT2D eigenvalue weighted by Gasteiger charge is -2.04. The Labute approximate surface area is 85.5 Å². The molecule has 14 heavy (non-hydrogen) atoms. The molecule has 1 fully saturated rings. The van der Waals surface area contributed by atoms with E-state index in [1.165, 1.54) is 11.3 Å². The molecule has 0 aliphatic heterocycles. The minimum absolute atomic E-state index is 0.115. The number of nitriles is 1. The lowest BCUT2D eigenvalue weighted by molar-refractivity contribution is 0.285. The second kappa shape index (κ2) is 3.42. The van der Waals surface area contributed by atoms with Crippen molar-refractivity contribution in [1.29, 1.82) is 5.26 Å². The van der Waals surface area contributed by atoms with Crippen LogP contribution in [0.3, 0.4) is 0 Å². The van der Waals surface area contributed by atoms with Gasteiger partial charge in [0.15, 0.2) is 0 Å². The molecule has 2 N–H and O–H groups in total. The maximum atomic E-state index is 8.81. The summed E-state index contributed by atoms with van der Waals surface area (Å²) in [5.41, 5.74) is 5.27. The largest absolute Gasteiger partial charge is 0.469 e. The summed E-state index contributed by atoms with van der Waals surface area (Å²) in [4.78, 5) is 0. The van der Waals surface area contributed by atoms with Gasteiger partial charge in [0, 0.05) is 6.42 Å². The van der Waals surface area contributed by atoms with Crippen LogP contribution in [0.4, 0.5) is 5.13 Å². The summed E-state index contributed by atoms with van der Waals surface area (Å²) < 4.78 is 5.32. The Morgan fingerprint density at radius 3 is 2.86 bits per heavy atom. The van der Waals surface area contributed by atoms with E-state index in [1.807, 2.05) is 0 Å². The monoisotopic (exact) mass is 210 g/mol. The minimum Gasteiger partial charge on any atom is -0.469 e. The van der Waals surface area contributed by atoms with E-state index in [0.29, 0.717) is 16.9 Å². The van der Waals surface area contributed by atoms with Crippen molar-refractivity contribution in [1.82, 2.24) is 10.2 Å². The van der Waals surface area contributed by atoms with Crippen LogP contribution >= 0.6 is 11.3 Å². The highest BCUT2D eigenvalue weighted by Crippen LogP contribution is 2.47. The molecule has 0 spiro atoms. The van der Waals surface area contributed by atoms with Gasteiger partial charge in [-0.1, -0.05) is 5.10 Å². The summed E-state index contributed by atoms with van der Waals surface area (Å²) in [6.45, 7) is 0.516. The molecule has 1 aromatic heterocycles. The van der Waals surface area contributed by atoms with Crippen LogP contribution in [0.25, 0.3) is 0 Å². The Hall–Kier alpha value is -1.35. The maximum Gasteiger partial charge on any atom is 0.295 e. The Balaban J connectivity index is 1.76. The van der Waals surface area contributed by atoms with Gasteiger partial charge in [-0.05, 0) is 24.2 Å². The standard InChI is InChI=1S/C8H10N4OS/c9-5-8(1-2-8)3-4-13-7-12-11-6(10)14-7/h1-4H2,(H2,10,11). The minimum atomic E-state index is -0.115. The van der Waals surface area contributed by atoms with Gasteiger partial charge in [-0.15, -0.1) is 5.10 Å². The molecular formula is C8H10N4OS. The predicted molar refractivity (Wildman–Crippen MR) is 51.7 cm³/mol. The summed E-state index contributed by atoms with van der Waals surface area (Å²) >= 11 is 1.22. The fraction of sp³-hybridized carbons (Fsp3) is 0.625. The molecule has 0 saturated heterocycles. The first kappa shape index (κ1) is 9.21. The molecule has 0 aromatic carbocycles. The van der Waals surface area contributed by atoms with Gasteiger partial charge in [-0.25, -0.2) is 0 Å². The number of aromatic nitrogens is 2. The number of rotatable bonds is 4. The topological polar surface area (TPSA) is 84.8 Å². The molecule has 1 heterocycles. The van der Waals surface area contributed by atoms with Crippen LogP contribution in [-0.4, -0.2) is 16.8 Å². The average Bonchev–Trinajstić information content (AvgIpc) is 2.84. The molecule has 2 rings (SSSR count). The van der Waals surface area contributed by atoms with E-state index in [9.17, 15) is 0 Å². The molecule has 0 bridgehead atoms. The smallest absolute Gasteiger partial charge is 0.295 e. The second-order valence-corrected chi connectivity index (χ2v) is 4.37. The van der Waals surface area contributed by atoms with Gasteiger partial charge in [0.2, 0.25) is 5.13 Å². The summed E-state index contributed by atoms with van der Waals surface area (Å²) in [5, 5.41) is 17.0. The molecule has 0 unspecified atom stereocenters. The highest BCUT2D eigenvalue weighted by Gasteiger charge is 2.42. The quantitative estimate of drug-likeness (QED) is 0.806. The first-order valence-electron chi connectivity index (χ1n) is 4.37. The number of hydrogen-bond acceptors (Lipinski definition) is 6. The van der Waals surface area contributed by atoms with Crippen LogP contribution in [0.5, 0.6) is 5.19 Å². The van der Waals surface area contributed by atoms with Gasteiger partial charge < -0.3 is 10.5 Å². The zero-order chi connectivity index (χ0) is 10.0. The van der Waals surface area contributed by atoms with E-state index in [2.05, 4.69) is 16.3 Å². The maximum absolute atomic E-state index is 8.81. The van der Waals surface area contributed by atoms with Gasteiger partial charge in [-0.3, -0.25) is 0 Å². The lowest BCUT2D eigenvalue weighted by Crippen LogP contribution is -2.05. The third-order valence-electron chi connectivity index (χ3n) is 2.32. The van der Waals surface area contributed by atoms with Crippen molar-refractivity contribution < 1.29 is 4.74 Å². The molecule has 1 aliphatic rings. The summed E-state index contributed by atoms with van der Waals surface area (Å²) in [7, 11) is 0. The zero-order valence-electron chi connectivity index (χ0n) is 7.56. The highest BCUT2D eigenvalue weighted by molar-refractivity contribution is 7.16. The van der Waals surface area contributed by atoms with Crippen molar-refractivity contribution >= 4 is 16.5 Å². The molecule has 0 amide bonds. The summed E-state index contributed by atoms with van der Waals surface area (Å²) in [6, 6.07) is 2.31. The fourth-order valence-electron chi connectivity index (χ4n) is 1.18. The lowest BCUT2D eigenvalue weighted by atomic mass is 10.1. The van der Waals surface area contributed by atoms with Crippen molar-refractivity contribution in [3.05, 3.63) is 0 Å². The number of ether oxygens (including phenoxy) is 1. The predicted octanol–water partition coefficient (Wildman–Crippen LogP) is 1.19. The van der Waals surface area contributed by atoms with E-state index >= 15 is 0 Å². The zero-order valence-corrected chi connectivity index (χ0v) is 8.38. The van der Waals surface area contributed by atoms with Gasteiger partial charge in [0.25, 0.3) is 5.19 Å². The van der Waals surface area contributed by atoms with Crippen LogP contribution < -0.4 is 10.5 Å². The van der Waals surface area contributed by atoms with Gasteiger partial charge in [0.05, 0.1) is 18.1 Å². The number of nitrogens with zero attached hydrogens (tertiary/aromatic N) is 3. The molecule has 0 radical (unpaired) electrons. The van der Waals surface area contributed by atoms with E-state index in [-0.39, 0.29) is 5.41 Å². The molecule has 1 aromatic rings. The van der Waals surface area contributed by atoms with Crippen molar-refractivity contribution in [2.24, 2.45) is 5.41 Å². The SMILES string of the molecule is N#CC1(CCOc2nnc(N)s2)CC1. The van der Waals surface area contributed by atoms with E-state index in [4.69, 9.17) is 15.7 Å². The molecule has 1 aliphatic carbocycles. The van der Waals surface area contributed by atoms with E-state index in [0.717, 1.165) is 19.3 Å². The number of anilines is 1. The first-order valence-corrected chi connectivity index (χ1v) is 5.19. The summed E-state index contributed by atoms with van der Waals surface area (Å²) in [6.07, 6.45) is 2.75. The molecule has 5 nitrogen and oxygen atoms in total. The molecule has 0 atom stereocenters. The van der Waals surface area contributed by atoms with Gasteiger partial charge >= 0.3 is 0 Å². The average molecular weight is 210 g/mol. The highest BCUT2D eigenvalue weighted by atomic mass is 32.1. The summed E-state index contributed by atoms with van der Waals surface area (Å²) in [5.74, 6) is 0. The van der Waals surface area contributed by atoms with Crippen molar-refractivity contribution in [3.8, 4) is 11.3 Å². The number of nitrogens with two attached hydrogens (primary N) is 1. The normalized spacial score (nSPS) is 17.4. The third kappa shape index (κ3) is 1.93. The van der Waals surface area contributed by atoms with Gasteiger partial charge in [-0.2, -0.15) is 5.26 Å². The molecule has 6 heteroatoms. The van der Waals surface area contributed by atoms with Crippen LogP contribution in [0.15, 0.2) is 0 Å². The van der Waals surface area contributed by atoms with Crippen LogP contribution in [0.1, 0.15) is 19.3 Å². The molecule has 1 saturated carbocycles. The Kier molecular flexibility index (Phi) is 2.25. The van der Waals surface area contributed by atoms with Crippen molar-refractivity contribution in [2.75, 3.05) is 12.3 Å². The van der Waals surface area contributed by atoms with Crippen molar-refractivity contribution in [2.45, 2.75) is 19.3 Å². The Morgan fingerprint density at radius 2 is 2.36 bits per heavy atom. The van der Waals surface area contributed by atoms with Crippen LogP contribution in [0.2, 0.25) is 0 Å². The van der Waals surface area contributed by atoms with E-state index < -0.39 is 0 Å². The van der Waals surface area contributed by atoms with E-state index in [1.54, 1.807) is 0 Å². The van der Waals surface area contributed by atoms with Crippen LogP contribution in [0, 0.1) is 16.7 Å². The Morgan fingerprint density at radius 1 is 1.57 bits per heavy atom. The Bertz CT molecular complexity index is 366. The second-order valence-electron chi connectivity index (χ2n) is 3.40. The van der Waals surface area contributed by atoms with Crippen molar-refractivity contribution in [3.63, 3.8) is 0 Å². The van der Waals surface area contributed by atoms with Crippen LogP contribution in [-0.2, 0) is 0 Å². The molecule has 74 valence electrons. The molecular weight excluding hydrogens is 200 g/mol. The first-order chi connectivity index (χ1) is 6.74. The fourth-order valence-corrected chi connectivity index (χ4v) is 1.67. The number of nitrogen functional groups attached to an aromatic ring is 1. The third-order valence-corrected chi connectivity index (χ3v) is 2.98.